The third-order valence-electron chi connectivity index (χ3n) is 2.39. The highest BCUT2D eigenvalue weighted by Crippen LogP contribution is 2.27. The molecule has 0 bridgehead atoms. The Kier molecular flexibility index (Phi) is 7.44. The van der Waals surface area contributed by atoms with Crippen molar-refractivity contribution in [3.05, 3.63) is 28.2 Å². The lowest BCUT2D eigenvalue weighted by molar-refractivity contribution is 0.311. The van der Waals surface area contributed by atoms with E-state index in [1.54, 1.807) is 18.2 Å². The van der Waals surface area contributed by atoms with Crippen LogP contribution in [0.3, 0.4) is 0 Å². The Morgan fingerprint density at radius 3 is 2.72 bits per heavy atom. The summed E-state index contributed by atoms with van der Waals surface area (Å²) in [7, 11) is 4.15. The predicted molar refractivity (Wildman–Crippen MR) is 78.0 cm³/mol. The number of ether oxygens (including phenoxy) is 1. The Hall–Kier alpha value is -0.480. The van der Waals surface area contributed by atoms with E-state index in [9.17, 15) is 0 Å². The molecule has 3 nitrogen and oxygen atoms in total. The van der Waals surface area contributed by atoms with E-state index in [2.05, 4.69) is 24.3 Å². The summed E-state index contributed by atoms with van der Waals surface area (Å²) in [6.07, 6.45) is 1.13. The quantitative estimate of drug-likeness (QED) is 0.745. The molecule has 1 aromatic carbocycles. The van der Waals surface area contributed by atoms with Crippen molar-refractivity contribution < 1.29 is 4.74 Å². The van der Waals surface area contributed by atoms with Gasteiger partial charge in [0.15, 0.2) is 0 Å². The van der Waals surface area contributed by atoms with Crippen molar-refractivity contribution in [3.8, 4) is 5.75 Å². The van der Waals surface area contributed by atoms with E-state index in [1.807, 2.05) is 0 Å². The van der Waals surface area contributed by atoms with Gasteiger partial charge >= 0.3 is 0 Å². The van der Waals surface area contributed by atoms with Crippen molar-refractivity contribution >= 4 is 23.2 Å². The molecule has 0 radical (unpaired) electrons. The molecule has 0 amide bonds. The predicted octanol–water partition coefficient (Wildman–Crippen LogP) is 2.91. The molecule has 0 heterocycles. The summed E-state index contributed by atoms with van der Waals surface area (Å²) in [5.74, 6) is 0.638. The Morgan fingerprint density at radius 1 is 1.22 bits per heavy atom. The Bertz CT molecular complexity index is 359. The molecule has 0 aliphatic carbocycles. The van der Waals surface area contributed by atoms with Gasteiger partial charge in [0, 0.05) is 17.6 Å². The van der Waals surface area contributed by atoms with Crippen LogP contribution < -0.4 is 10.1 Å². The van der Waals surface area contributed by atoms with Gasteiger partial charge in [-0.2, -0.15) is 0 Å². The Morgan fingerprint density at radius 2 is 2.00 bits per heavy atom. The van der Waals surface area contributed by atoms with Gasteiger partial charge in [0.25, 0.3) is 0 Å². The molecule has 0 unspecified atom stereocenters. The van der Waals surface area contributed by atoms with Crippen LogP contribution in [0.25, 0.3) is 0 Å². The van der Waals surface area contributed by atoms with Crippen LogP contribution in [0, 0.1) is 0 Å². The number of benzene rings is 1. The lowest BCUT2D eigenvalue weighted by Crippen LogP contribution is -2.25. The molecule has 0 aliphatic rings. The summed E-state index contributed by atoms with van der Waals surface area (Å²) in [4.78, 5) is 2.17. The molecule has 1 N–H and O–H groups in total. The molecular weight excluding hydrogens is 271 g/mol. The Labute approximate surface area is 119 Å². The molecule has 0 saturated heterocycles. The lowest BCUT2D eigenvalue weighted by Gasteiger charge is -2.11. The average Bonchev–Trinajstić information content (AvgIpc) is 2.32. The van der Waals surface area contributed by atoms with E-state index in [0.717, 1.165) is 26.1 Å². The van der Waals surface area contributed by atoms with Crippen LogP contribution in [0.1, 0.15) is 6.42 Å². The molecule has 0 aliphatic heterocycles. The molecular formula is C13H20Cl2N2O. The fourth-order valence-corrected chi connectivity index (χ4v) is 1.80. The van der Waals surface area contributed by atoms with Crippen molar-refractivity contribution in [3.63, 3.8) is 0 Å². The van der Waals surface area contributed by atoms with E-state index in [1.165, 1.54) is 0 Å². The zero-order chi connectivity index (χ0) is 13.4. The number of hydrogen-bond acceptors (Lipinski definition) is 3. The number of rotatable bonds is 8. The fourth-order valence-electron chi connectivity index (χ4n) is 1.47. The SMILES string of the molecule is CN(C)CCCNCCOc1cc(Cl)ccc1Cl. The number of halogens is 2. The van der Waals surface area contributed by atoms with Crippen LogP contribution in [-0.2, 0) is 0 Å². The van der Waals surface area contributed by atoms with E-state index < -0.39 is 0 Å². The first kappa shape index (κ1) is 15.6. The fraction of sp³-hybridized carbons (Fsp3) is 0.538. The van der Waals surface area contributed by atoms with Crippen LogP contribution in [0.4, 0.5) is 0 Å². The maximum absolute atomic E-state index is 5.98. The third-order valence-corrected chi connectivity index (χ3v) is 2.94. The van der Waals surface area contributed by atoms with Crippen LogP contribution >= 0.6 is 23.2 Å². The van der Waals surface area contributed by atoms with Gasteiger partial charge < -0.3 is 15.0 Å². The minimum Gasteiger partial charge on any atom is -0.491 e. The summed E-state index contributed by atoms with van der Waals surface area (Å²) in [6, 6.07) is 5.22. The van der Waals surface area contributed by atoms with Crippen LogP contribution in [0.15, 0.2) is 18.2 Å². The van der Waals surface area contributed by atoms with Gasteiger partial charge in [-0.15, -0.1) is 0 Å². The van der Waals surface area contributed by atoms with E-state index >= 15 is 0 Å². The third kappa shape index (κ3) is 6.45. The second-order valence-corrected chi connectivity index (χ2v) is 5.17. The first-order chi connectivity index (χ1) is 8.59. The highest BCUT2D eigenvalue weighted by Gasteiger charge is 2.01. The minimum absolute atomic E-state index is 0.585. The second kappa shape index (κ2) is 8.59. The summed E-state index contributed by atoms with van der Waals surface area (Å²) in [6.45, 7) is 3.47. The van der Waals surface area contributed by atoms with Gasteiger partial charge in [0.05, 0.1) is 5.02 Å². The van der Waals surface area contributed by atoms with Gasteiger partial charge in [-0.1, -0.05) is 23.2 Å². The first-order valence-corrected chi connectivity index (χ1v) is 6.78. The van der Waals surface area contributed by atoms with E-state index in [-0.39, 0.29) is 0 Å². The van der Waals surface area contributed by atoms with Gasteiger partial charge in [0.2, 0.25) is 0 Å². The summed E-state index contributed by atoms with van der Waals surface area (Å²) in [5.41, 5.74) is 0. The highest BCUT2D eigenvalue weighted by atomic mass is 35.5. The molecule has 18 heavy (non-hydrogen) atoms. The summed E-state index contributed by atoms with van der Waals surface area (Å²) >= 11 is 11.9. The van der Waals surface area contributed by atoms with Crippen molar-refractivity contribution in [2.24, 2.45) is 0 Å². The minimum atomic E-state index is 0.585. The first-order valence-electron chi connectivity index (χ1n) is 6.03. The van der Waals surface area contributed by atoms with E-state index in [0.29, 0.717) is 22.4 Å². The largest absolute Gasteiger partial charge is 0.491 e. The summed E-state index contributed by atoms with van der Waals surface area (Å²) in [5, 5.41) is 4.54. The highest BCUT2D eigenvalue weighted by molar-refractivity contribution is 6.34. The maximum Gasteiger partial charge on any atom is 0.139 e. The number of nitrogens with one attached hydrogen (secondary N) is 1. The van der Waals surface area contributed by atoms with Gasteiger partial charge in [-0.05, 0) is 45.7 Å². The molecule has 0 fully saturated rings. The summed E-state index contributed by atoms with van der Waals surface area (Å²) < 4.78 is 5.56. The number of hydrogen-bond donors (Lipinski definition) is 1. The zero-order valence-electron chi connectivity index (χ0n) is 10.9. The molecule has 0 saturated carbocycles. The molecule has 1 aromatic rings. The van der Waals surface area contributed by atoms with Crippen LogP contribution in [0.2, 0.25) is 10.0 Å². The van der Waals surface area contributed by atoms with Crippen LogP contribution in [0.5, 0.6) is 5.75 Å². The monoisotopic (exact) mass is 290 g/mol. The van der Waals surface area contributed by atoms with Crippen molar-refractivity contribution in [2.45, 2.75) is 6.42 Å². The van der Waals surface area contributed by atoms with Gasteiger partial charge in [0.1, 0.15) is 12.4 Å². The van der Waals surface area contributed by atoms with Crippen LogP contribution in [-0.4, -0.2) is 45.2 Å². The lowest BCUT2D eigenvalue weighted by atomic mass is 10.3. The molecule has 1 rings (SSSR count). The van der Waals surface area contributed by atoms with Crippen molar-refractivity contribution in [2.75, 3.05) is 40.3 Å². The van der Waals surface area contributed by atoms with Crippen molar-refractivity contribution in [1.82, 2.24) is 10.2 Å². The Balaban J connectivity index is 2.12. The molecule has 0 atom stereocenters. The van der Waals surface area contributed by atoms with E-state index in [4.69, 9.17) is 27.9 Å². The molecule has 5 heteroatoms. The second-order valence-electron chi connectivity index (χ2n) is 4.33. The standard InChI is InChI=1S/C13H20Cl2N2O/c1-17(2)8-3-6-16-7-9-18-13-10-11(14)4-5-12(13)15/h4-5,10,16H,3,6-9H2,1-2H3. The molecule has 0 spiro atoms. The topological polar surface area (TPSA) is 24.5 Å². The average molecular weight is 291 g/mol. The van der Waals surface area contributed by atoms with Gasteiger partial charge in [-0.25, -0.2) is 0 Å². The maximum atomic E-state index is 5.98. The normalized spacial score (nSPS) is 10.9. The zero-order valence-corrected chi connectivity index (χ0v) is 12.4. The number of nitrogens with zero attached hydrogens (tertiary/aromatic N) is 1. The molecule has 102 valence electrons. The van der Waals surface area contributed by atoms with Gasteiger partial charge in [-0.3, -0.25) is 0 Å². The smallest absolute Gasteiger partial charge is 0.139 e. The van der Waals surface area contributed by atoms with Crippen molar-refractivity contribution in [1.29, 1.82) is 0 Å². The molecule has 0 aromatic heterocycles.